The van der Waals surface area contributed by atoms with Gasteiger partial charge in [0, 0.05) is 44.0 Å². The lowest BCUT2D eigenvalue weighted by molar-refractivity contribution is -0.149. The predicted octanol–water partition coefficient (Wildman–Crippen LogP) is 1.85. The van der Waals surface area contributed by atoms with E-state index in [1.165, 1.54) is 19.3 Å². The first-order valence-electron chi connectivity index (χ1n) is 11.1. The molecule has 0 aromatic carbocycles. The van der Waals surface area contributed by atoms with Crippen LogP contribution in [0.4, 0.5) is 5.95 Å². The summed E-state index contributed by atoms with van der Waals surface area (Å²) in [6.07, 6.45) is 10.5. The Bertz CT molecular complexity index is 739. The van der Waals surface area contributed by atoms with Crippen molar-refractivity contribution >= 4 is 17.8 Å². The molecule has 1 aromatic heterocycles. The van der Waals surface area contributed by atoms with E-state index in [4.69, 9.17) is 0 Å². The number of piperazine rings is 1. The molecule has 6 rings (SSSR count). The number of carbonyl (C=O) groups excluding carboxylic acids is 2. The summed E-state index contributed by atoms with van der Waals surface area (Å²) in [5.41, 5.74) is -0.202. The number of aromatic nitrogens is 2. The summed E-state index contributed by atoms with van der Waals surface area (Å²) in [6.45, 7) is 4.54. The molecule has 2 amide bonds. The Balaban J connectivity index is 1.17. The number of nitrogens with zero attached hydrogens (tertiary/aromatic N) is 4. The lowest BCUT2D eigenvalue weighted by atomic mass is 9.49. The third kappa shape index (κ3) is 3.49. The minimum absolute atomic E-state index is 0.0247. The van der Waals surface area contributed by atoms with Crippen LogP contribution in [0.2, 0.25) is 0 Å². The van der Waals surface area contributed by atoms with Crippen molar-refractivity contribution < 1.29 is 9.59 Å². The Morgan fingerprint density at radius 3 is 2.10 bits per heavy atom. The molecule has 4 saturated carbocycles. The second-order valence-electron chi connectivity index (χ2n) is 9.75. The largest absolute Gasteiger partial charge is 0.344 e. The van der Waals surface area contributed by atoms with E-state index in [1.807, 2.05) is 11.8 Å². The Hall–Kier alpha value is -2.18. The molecule has 5 aliphatic rings. The fourth-order valence-corrected chi connectivity index (χ4v) is 6.66. The second kappa shape index (κ2) is 7.26. The Labute approximate surface area is 172 Å². The normalized spacial score (nSPS) is 34.2. The number of hydrogen-bond acceptors (Lipinski definition) is 5. The van der Waals surface area contributed by atoms with E-state index in [0.29, 0.717) is 32.1 Å². The van der Waals surface area contributed by atoms with Crippen LogP contribution in [0.1, 0.15) is 45.4 Å². The highest BCUT2D eigenvalue weighted by atomic mass is 16.2. The zero-order valence-electron chi connectivity index (χ0n) is 17.2. The fourth-order valence-electron chi connectivity index (χ4n) is 6.66. The molecular formula is C22H31N5O2. The van der Waals surface area contributed by atoms with Crippen LogP contribution in [0.5, 0.6) is 0 Å². The van der Waals surface area contributed by atoms with E-state index in [1.54, 1.807) is 18.5 Å². The highest BCUT2D eigenvalue weighted by Gasteiger charge is 2.54. The maximum absolute atomic E-state index is 13.2. The summed E-state index contributed by atoms with van der Waals surface area (Å²) in [5, 5.41) is 3.11. The maximum atomic E-state index is 13.2. The van der Waals surface area contributed by atoms with Gasteiger partial charge in [0.1, 0.15) is 6.04 Å². The molecule has 1 unspecified atom stereocenters. The molecule has 1 atom stereocenters. The van der Waals surface area contributed by atoms with Crippen LogP contribution in [-0.2, 0) is 9.59 Å². The highest BCUT2D eigenvalue weighted by Crippen LogP contribution is 2.60. The minimum Gasteiger partial charge on any atom is -0.344 e. The van der Waals surface area contributed by atoms with Gasteiger partial charge in [-0.3, -0.25) is 9.59 Å². The molecule has 1 aliphatic heterocycles. The number of rotatable bonds is 4. The first kappa shape index (κ1) is 18.8. The van der Waals surface area contributed by atoms with Crippen molar-refractivity contribution in [1.29, 1.82) is 0 Å². The number of amides is 2. The molecule has 0 spiro atoms. The van der Waals surface area contributed by atoms with Gasteiger partial charge in [-0.25, -0.2) is 9.97 Å². The van der Waals surface area contributed by atoms with Crippen molar-refractivity contribution in [3.05, 3.63) is 18.5 Å². The van der Waals surface area contributed by atoms with E-state index < -0.39 is 6.04 Å². The number of hydrogen-bond donors (Lipinski definition) is 1. The number of nitrogens with one attached hydrogen (secondary N) is 1. The van der Waals surface area contributed by atoms with Crippen molar-refractivity contribution in [3.8, 4) is 0 Å². The number of carbonyl (C=O) groups is 2. The Morgan fingerprint density at radius 1 is 1.00 bits per heavy atom. The van der Waals surface area contributed by atoms with Crippen molar-refractivity contribution in [2.75, 3.05) is 31.1 Å². The maximum Gasteiger partial charge on any atom is 0.244 e. The van der Waals surface area contributed by atoms with Crippen LogP contribution in [-0.4, -0.2) is 58.9 Å². The lowest BCUT2D eigenvalue weighted by Gasteiger charge is -2.55. The molecule has 1 saturated heterocycles. The van der Waals surface area contributed by atoms with Gasteiger partial charge in [-0.15, -0.1) is 0 Å². The van der Waals surface area contributed by atoms with Gasteiger partial charge in [-0.2, -0.15) is 0 Å². The molecule has 1 N–H and O–H groups in total. The summed E-state index contributed by atoms with van der Waals surface area (Å²) in [7, 11) is 0. The first-order chi connectivity index (χ1) is 14.0. The SMILES string of the molecule is CC(NC(=O)C12CC3CC(CC(C3)C1)C2)C(=O)N1CCN(c2ncccn2)CC1. The topological polar surface area (TPSA) is 78.4 Å². The zero-order chi connectivity index (χ0) is 20.0. The summed E-state index contributed by atoms with van der Waals surface area (Å²) in [4.78, 5) is 38.7. The molecule has 156 valence electrons. The van der Waals surface area contributed by atoms with Crippen molar-refractivity contribution in [2.45, 2.75) is 51.5 Å². The summed E-state index contributed by atoms with van der Waals surface area (Å²) < 4.78 is 0. The zero-order valence-corrected chi connectivity index (χ0v) is 17.2. The van der Waals surface area contributed by atoms with E-state index in [-0.39, 0.29) is 17.2 Å². The standard InChI is InChI=1S/C22H31N5O2/c1-15(19(28)26-5-7-27(8-6-26)21-23-3-2-4-24-21)25-20(29)22-12-16-9-17(13-22)11-18(10-16)14-22/h2-4,15-18H,5-14H2,1H3,(H,25,29). The molecule has 4 aliphatic carbocycles. The molecule has 4 bridgehead atoms. The van der Waals surface area contributed by atoms with Crippen molar-refractivity contribution in [1.82, 2.24) is 20.2 Å². The van der Waals surface area contributed by atoms with Gasteiger partial charge in [-0.1, -0.05) is 0 Å². The summed E-state index contributed by atoms with van der Waals surface area (Å²) in [6, 6.07) is 1.34. The van der Waals surface area contributed by atoms with Gasteiger partial charge >= 0.3 is 0 Å². The average Bonchev–Trinajstić information content (AvgIpc) is 2.73. The van der Waals surface area contributed by atoms with E-state index in [9.17, 15) is 9.59 Å². The molecule has 7 nitrogen and oxygen atoms in total. The Morgan fingerprint density at radius 2 is 1.55 bits per heavy atom. The van der Waals surface area contributed by atoms with E-state index >= 15 is 0 Å². The quantitative estimate of drug-likeness (QED) is 0.839. The van der Waals surface area contributed by atoms with Crippen LogP contribution in [0.15, 0.2) is 18.5 Å². The number of anilines is 1. The monoisotopic (exact) mass is 397 g/mol. The van der Waals surface area contributed by atoms with Crippen LogP contribution >= 0.6 is 0 Å². The summed E-state index contributed by atoms with van der Waals surface area (Å²) >= 11 is 0. The Kier molecular flexibility index (Phi) is 4.71. The lowest BCUT2D eigenvalue weighted by Crippen LogP contribution is -2.58. The van der Waals surface area contributed by atoms with Gasteiger partial charge in [0.15, 0.2) is 0 Å². The van der Waals surface area contributed by atoms with Crippen molar-refractivity contribution in [3.63, 3.8) is 0 Å². The van der Waals surface area contributed by atoms with Gasteiger partial charge in [0.2, 0.25) is 17.8 Å². The minimum atomic E-state index is -0.463. The van der Waals surface area contributed by atoms with Crippen LogP contribution < -0.4 is 10.2 Å². The van der Waals surface area contributed by atoms with E-state index in [0.717, 1.165) is 37.0 Å². The predicted molar refractivity (Wildman–Crippen MR) is 109 cm³/mol. The van der Waals surface area contributed by atoms with Gasteiger partial charge in [0.25, 0.3) is 0 Å². The first-order valence-corrected chi connectivity index (χ1v) is 11.1. The smallest absolute Gasteiger partial charge is 0.244 e. The highest BCUT2D eigenvalue weighted by molar-refractivity contribution is 5.90. The molecule has 1 aromatic rings. The van der Waals surface area contributed by atoms with Gasteiger partial charge in [-0.05, 0) is 69.3 Å². The van der Waals surface area contributed by atoms with Gasteiger partial charge in [0.05, 0.1) is 0 Å². The second-order valence-corrected chi connectivity index (χ2v) is 9.75. The van der Waals surface area contributed by atoms with E-state index in [2.05, 4.69) is 20.2 Å². The van der Waals surface area contributed by atoms with Crippen molar-refractivity contribution in [2.24, 2.45) is 23.2 Å². The molecule has 2 heterocycles. The van der Waals surface area contributed by atoms with Crippen LogP contribution in [0, 0.1) is 23.2 Å². The summed E-state index contributed by atoms with van der Waals surface area (Å²) in [5.74, 6) is 3.05. The van der Waals surface area contributed by atoms with Gasteiger partial charge < -0.3 is 15.1 Å². The third-order valence-electron chi connectivity index (χ3n) is 7.66. The third-order valence-corrected chi connectivity index (χ3v) is 7.66. The average molecular weight is 398 g/mol. The van der Waals surface area contributed by atoms with Crippen LogP contribution in [0.3, 0.4) is 0 Å². The molecule has 7 heteroatoms. The molecular weight excluding hydrogens is 366 g/mol. The molecule has 29 heavy (non-hydrogen) atoms. The molecule has 0 radical (unpaired) electrons. The fraction of sp³-hybridized carbons (Fsp3) is 0.727. The van der Waals surface area contributed by atoms with Crippen LogP contribution in [0.25, 0.3) is 0 Å². The molecule has 5 fully saturated rings.